The van der Waals surface area contributed by atoms with Gasteiger partial charge in [0.25, 0.3) is 0 Å². The maximum atomic E-state index is 13.1. The van der Waals surface area contributed by atoms with Crippen molar-refractivity contribution < 1.29 is 4.39 Å². The molecule has 1 N–H and O–H groups in total. The molecule has 0 aliphatic carbocycles. The van der Waals surface area contributed by atoms with Crippen molar-refractivity contribution in [3.8, 4) is 0 Å². The predicted octanol–water partition coefficient (Wildman–Crippen LogP) is 4.95. The predicted molar refractivity (Wildman–Crippen MR) is 85.2 cm³/mol. The number of halogens is 2. The minimum absolute atomic E-state index is 0.213. The van der Waals surface area contributed by atoms with Gasteiger partial charge in [0.1, 0.15) is 5.82 Å². The van der Waals surface area contributed by atoms with Crippen LogP contribution in [0.4, 0.5) is 10.1 Å². The van der Waals surface area contributed by atoms with Gasteiger partial charge < -0.3 is 5.32 Å². The summed E-state index contributed by atoms with van der Waals surface area (Å²) in [5, 5.41) is 4.95. The minimum atomic E-state index is -0.213. The zero-order valence-electron chi connectivity index (χ0n) is 11.5. The Labute approximate surface area is 127 Å². The summed E-state index contributed by atoms with van der Waals surface area (Å²) >= 11 is 6.18. The lowest BCUT2D eigenvalue weighted by Crippen LogP contribution is -2.02. The second-order valence-corrected chi connectivity index (χ2v) is 5.33. The Morgan fingerprint density at radius 1 is 1.19 bits per heavy atom. The first-order chi connectivity index (χ1) is 10.1. The number of hydrogen-bond donors (Lipinski definition) is 1. The van der Waals surface area contributed by atoms with E-state index in [1.165, 1.54) is 12.1 Å². The van der Waals surface area contributed by atoms with E-state index in [0.717, 1.165) is 27.7 Å². The minimum Gasteiger partial charge on any atom is -0.379 e. The van der Waals surface area contributed by atoms with Gasteiger partial charge in [-0.05, 0) is 54.4 Å². The van der Waals surface area contributed by atoms with E-state index < -0.39 is 0 Å². The molecule has 3 rings (SSSR count). The quantitative estimate of drug-likeness (QED) is 0.740. The van der Waals surface area contributed by atoms with Crippen molar-refractivity contribution in [2.24, 2.45) is 0 Å². The smallest absolute Gasteiger partial charge is 0.123 e. The number of nitrogens with one attached hydrogen (secondary N) is 1. The molecule has 0 saturated carbocycles. The van der Waals surface area contributed by atoms with Crippen molar-refractivity contribution in [1.82, 2.24) is 4.98 Å². The molecule has 106 valence electrons. The lowest BCUT2D eigenvalue weighted by atomic mass is 10.1. The second-order valence-electron chi connectivity index (χ2n) is 4.92. The highest BCUT2D eigenvalue weighted by Gasteiger charge is 2.06. The monoisotopic (exact) mass is 300 g/mol. The summed E-state index contributed by atoms with van der Waals surface area (Å²) in [5.74, 6) is -0.213. The van der Waals surface area contributed by atoms with E-state index in [1.54, 1.807) is 12.3 Å². The molecule has 0 spiro atoms. The van der Waals surface area contributed by atoms with Gasteiger partial charge in [-0.15, -0.1) is 0 Å². The molecule has 0 unspecified atom stereocenters. The van der Waals surface area contributed by atoms with Gasteiger partial charge in [-0.1, -0.05) is 17.7 Å². The molecular weight excluding hydrogens is 287 g/mol. The third kappa shape index (κ3) is 2.83. The van der Waals surface area contributed by atoms with E-state index in [9.17, 15) is 4.39 Å². The fraction of sp³-hybridized carbons (Fsp3) is 0.118. The molecule has 0 saturated heterocycles. The highest BCUT2D eigenvalue weighted by Crippen LogP contribution is 2.28. The largest absolute Gasteiger partial charge is 0.379 e. The standard InChI is InChI=1S/C17H14ClFN2/c1-11-9-13(19)5-4-12(11)10-21-16-7-6-15(18)14-3-2-8-20-17(14)16/h2-9,21H,10H2,1H3. The van der Waals surface area contributed by atoms with Crippen LogP contribution in [0.25, 0.3) is 10.9 Å². The van der Waals surface area contributed by atoms with Crippen molar-refractivity contribution in [3.05, 3.63) is 70.6 Å². The lowest BCUT2D eigenvalue weighted by Gasteiger charge is -2.11. The Morgan fingerprint density at radius 3 is 2.86 bits per heavy atom. The molecule has 4 heteroatoms. The van der Waals surface area contributed by atoms with E-state index in [1.807, 2.05) is 31.2 Å². The summed E-state index contributed by atoms with van der Waals surface area (Å²) in [6, 6.07) is 12.4. The SMILES string of the molecule is Cc1cc(F)ccc1CNc1ccc(Cl)c2cccnc12. The molecule has 0 aliphatic rings. The number of fused-ring (bicyclic) bond motifs is 1. The van der Waals surface area contributed by atoms with Gasteiger partial charge in [0.15, 0.2) is 0 Å². The molecule has 2 aromatic carbocycles. The second kappa shape index (κ2) is 5.70. The van der Waals surface area contributed by atoms with Gasteiger partial charge in [-0.25, -0.2) is 4.39 Å². The van der Waals surface area contributed by atoms with Crippen LogP contribution in [0.15, 0.2) is 48.7 Å². The summed E-state index contributed by atoms with van der Waals surface area (Å²) in [6.07, 6.45) is 1.74. The molecule has 0 radical (unpaired) electrons. The van der Waals surface area contributed by atoms with Crippen LogP contribution in [0.5, 0.6) is 0 Å². The van der Waals surface area contributed by atoms with Crippen LogP contribution >= 0.6 is 11.6 Å². The topological polar surface area (TPSA) is 24.9 Å². The Hall–Kier alpha value is -2.13. The number of nitrogens with zero attached hydrogens (tertiary/aromatic N) is 1. The molecule has 1 aromatic heterocycles. The van der Waals surface area contributed by atoms with E-state index in [-0.39, 0.29) is 5.82 Å². The summed E-state index contributed by atoms with van der Waals surface area (Å²) in [4.78, 5) is 4.38. The number of benzene rings is 2. The van der Waals surface area contributed by atoms with Crippen LogP contribution in [-0.4, -0.2) is 4.98 Å². The van der Waals surface area contributed by atoms with Crippen LogP contribution < -0.4 is 5.32 Å². The summed E-state index contributed by atoms with van der Waals surface area (Å²) in [6.45, 7) is 2.51. The van der Waals surface area contributed by atoms with E-state index in [0.29, 0.717) is 11.6 Å². The molecule has 0 amide bonds. The normalized spacial score (nSPS) is 10.8. The molecule has 0 aliphatic heterocycles. The van der Waals surface area contributed by atoms with Gasteiger partial charge >= 0.3 is 0 Å². The van der Waals surface area contributed by atoms with Crippen molar-refractivity contribution in [1.29, 1.82) is 0 Å². The summed E-state index contributed by atoms with van der Waals surface area (Å²) < 4.78 is 13.1. The fourth-order valence-corrected chi connectivity index (χ4v) is 2.54. The lowest BCUT2D eigenvalue weighted by molar-refractivity contribution is 0.625. The van der Waals surface area contributed by atoms with Crippen molar-refractivity contribution >= 4 is 28.2 Å². The Kier molecular flexibility index (Phi) is 3.76. The van der Waals surface area contributed by atoms with Crippen LogP contribution in [-0.2, 0) is 6.54 Å². The number of pyridine rings is 1. The average Bonchev–Trinajstić information content (AvgIpc) is 2.48. The molecule has 2 nitrogen and oxygen atoms in total. The van der Waals surface area contributed by atoms with Crippen molar-refractivity contribution in [2.75, 3.05) is 5.32 Å². The highest BCUT2D eigenvalue weighted by molar-refractivity contribution is 6.35. The maximum Gasteiger partial charge on any atom is 0.123 e. The molecule has 3 aromatic rings. The Morgan fingerprint density at radius 2 is 2.05 bits per heavy atom. The number of anilines is 1. The summed E-state index contributed by atoms with van der Waals surface area (Å²) in [5.41, 5.74) is 3.73. The zero-order valence-corrected chi connectivity index (χ0v) is 12.3. The van der Waals surface area contributed by atoms with E-state index in [2.05, 4.69) is 10.3 Å². The van der Waals surface area contributed by atoms with Gasteiger partial charge in [-0.3, -0.25) is 4.98 Å². The molecule has 0 bridgehead atoms. The first-order valence-electron chi connectivity index (χ1n) is 6.67. The maximum absolute atomic E-state index is 13.1. The van der Waals surface area contributed by atoms with E-state index in [4.69, 9.17) is 11.6 Å². The van der Waals surface area contributed by atoms with Crippen LogP contribution in [0.1, 0.15) is 11.1 Å². The molecule has 0 atom stereocenters. The molecule has 1 heterocycles. The Bertz CT molecular complexity index is 802. The first-order valence-corrected chi connectivity index (χ1v) is 7.05. The van der Waals surface area contributed by atoms with Gasteiger partial charge in [0, 0.05) is 18.1 Å². The average molecular weight is 301 g/mol. The molecule has 21 heavy (non-hydrogen) atoms. The number of aryl methyl sites for hydroxylation is 1. The van der Waals surface area contributed by atoms with Gasteiger partial charge in [-0.2, -0.15) is 0 Å². The van der Waals surface area contributed by atoms with Gasteiger partial charge in [0.05, 0.1) is 16.2 Å². The van der Waals surface area contributed by atoms with Crippen molar-refractivity contribution in [3.63, 3.8) is 0 Å². The van der Waals surface area contributed by atoms with Crippen LogP contribution in [0, 0.1) is 12.7 Å². The fourth-order valence-electron chi connectivity index (χ4n) is 2.33. The Balaban J connectivity index is 1.90. The number of rotatable bonds is 3. The van der Waals surface area contributed by atoms with Crippen molar-refractivity contribution in [2.45, 2.75) is 13.5 Å². The number of aromatic nitrogens is 1. The molecule has 0 fully saturated rings. The molecular formula is C17H14ClFN2. The first kappa shape index (κ1) is 13.8. The van der Waals surface area contributed by atoms with E-state index >= 15 is 0 Å². The highest BCUT2D eigenvalue weighted by atomic mass is 35.5. The van der Waals surface area contributed by atoms with Crippen LogP contribution in [0.2, 0.25) is 5.02 Å². The van der Waals surface area contributed by atoms with Gasteiger partial charge in [0.2, 0.25) is 0 Å². The summed E-state index contributed by atoms with van der Waals surface area (Å²) in [7, 11) is 0. The zero-order chi connectivity index (χ0) is 14.8. The third-order valence-electron chi connectivity index (χ3n) is 3.49. The van der Waals surface area contributed by atoms with Crippen LogP contribution in [0.3, 0.4) is 0 Å². The number of hydrogen-bond acceptors (Lipinski definition) is 2. The third-order valence-corrected chi connectivity index (χ3v) is 3.82.